The van der Waals surface area contributed by atoms with Gasteiger partial charge >= 0.3 is 5.97 Å². The summed E-state index contributed by atoms with van der Waals surface area (Å²) in [4.78, 5) is 22.8. The van der Waals surface area contributed by atoms with Gasteiger partial charge in [-0.3, -0.25) is 9.59 Å². The molecule has 0 heterocycles. The van der Waals surface area contributed by atoms with E-state index in [4.69, 9.17) is 16.7 Å². The van der Waals surface area contributed by atoms with Gasteiger partial charge in [-0.15, -0.1) is 0 Å². The van der Waals surface area contributed by atoms with Crippen LogP contribution >= 0.6 is 11.6 Å². The molecule has 2 rings (SSSR count). The van der Waals surface area contributed by atoms with Gasteiger partial charge in [0, 0.05) is 22.9 Å². The number of ketones is 1. The number of hydrogen-bond donors (Lipinski definition) is 1. The summed E-state index contributed by atoms with van der Waals surface area (Å²) in [5.41, 5.74) is 1.88. The lowest BCUT2D eigenvalue weighted by Gasteiger charge is -2.23. The number of carbonyl (C=O) groups is 2. The van der Waals surface area contributed by atoms with E-state index in [-0.39, 0.29) is 18.1 Å². The number of carboxylic acids is 1. The van der Waals surface area contributed by atoms with Crippen LogP contribution in [-0.2, 0) is 11.2 Å². The van der Waals surface area contributed by atoms with E-state index >= 15 is 0 Å². The third kappa shape index (κ3) is 3.83. The molecule has 1 aromatic carbocycles. The Labute approximate surface area is 123 Å². The van der Waals surface area contributed by atoms with E-state index in [9.17, 15) is 9.59 Å². The zero-order valence-electron chi connectivity index (χ0n) is 11.4. The van der Waals surface area contributed by atoms with Gasteiger partial charge in [-0.05, 0) is 49.4 Å². The van der Waals surface area contributed by atoms with E-state index < -0.39 is 5.97 Å². The molecule has 1 unspecified atom stereocenters. The minimum atomic E-state index is -0.746. The summed E-state index contributed by atoms with van der Waals surface area (Å²) in [5, 5.41) is 9.25. The molecule has 0 bridgehead atoms. The molecule has 0 saturated heterocycles. The monoisotopic (exact) mass is 294 g/mol. The Morgan fingerprint density at radius 2 is 2.10 bits per heavy atom. The Hall–Kier alpha value is -1.35. The highest BCUT2D eigenvalue weighted by atomic mass is 35.5. The lowest BCUT2D eigenvalue weighted by atomic mass is 9.80. The van der Waals surface area contributed by atoms with Crippen LogP contribution in [0.25, 0.3) is 0 Å². The fourth-order valence-corrected chi connectivity index (χ4v) is 3.00. The Bertz CT molecular complexity index is 510. The van der Waals surface area contributed by atoms with Crippen LogP contribution < -0.4 is 0 Å². The van der Waals surface area contributed by atoms with E-state index in [0.29, 0.717) is 11.4 Å². The second-order valence-corrected chi connectivity index (χ2v) is 5.83. The number of benzene rings is 1. The van der Waals surface area contributed by atoms with E-state index in [1.165, 1.54) is 0 Å². The first-order valence-electron chi connectivity index (χ1n) is 7.12. The molecule has 0 amide bonds. The molecule has 1 aliphatic rings. The third-order valence-corrected chi connectivity index (χ3v) is 4.14. The molecule has 0 saturated carbocycles. The second-order valence-electron chi connectivity index (χ2n) is 5.39. The van der Waals surface area contributed by atoms with Crippen molar-refractivity contribution in [2.75, 3.05) is 0 Å². The SMILES string of the molecule is O=C(O)CCCCCC1CCc2cc(Cl)ccc2C1=O. The maximum atomic E-state index is 12.4. The van der Waals surface area contributed by atoms with Crippen LogP contribution in [0.1, 0.15) is 54.4 Å². The summed E-state index contributed by atoms with van der Waals surface area (Å²) in [6.07, 6.45) is 5.37. The molecule has 0 fully saturated rings. The van der Waals surface area contributed by atoms with Crippen molar-refractivity contribution in [3.8, 4) is 0 Å². The van der Waals surface area contributed by atoms with Crippen LogP contribution in [0, 0.1) is 5.92 Å². The van der Waals surface area contributed by atoms with Crippen molar-refractivity contribution in [1.82, 2.24) is 0 Å². The Morgan fingerprint density at radius 3 is 2.85 bits per heavy atom. The van der Waals surface area contributed by atoms with Gasteiger partial charge in [0.05, 0.1) is 0 Å². The minimum absolute atomic E-state index is 0.0912. The number of aryl methyl sites for hydroxylation is 1. The molecule has 108 valence electrons. The van der Waals surface area contributed by atoms with Gasteiger partial charge in [-0.2, -0.15) is 0 Å². The quantitative estimate of drug-likeness (QED) is 0.803. The van der Waals surface area contributed by atoms with Gasteiger partial charge in [0.1, 0.15) is 0 Å². The van der Waals surface area contributed by atoms with Gasteiger partial charge in [0.25, 0.3) is 0 Å². The molecule has 0 aromatic heterocycles. The van der Waals surface area contributed by atoms with Crippen LogP contribution in [0.3, 0.4) is 0 Å². The van der Waals surface area contributed by atoms with Crippen LogP contribution in [0.15, 0.2) is 18.2 Å². The first kappa shape index (κ1) is 15.0. The van der Waals surface area contributed by atoms with E-state index in [1.807, 2.05) is 12.1 Å². The number of rotatable bonds is 6. The van der Waals surface area contributed by atoms with Gasteiger partial charge in [-0.25, -0.2) is 0 Å². The molecule has 0 aliphatic heterocycles. The molecule has 3 nitrogen and oxygen atoms in total. The van der Waals surface area contributed by atoms with Gasteiger partial charge in [-0.1, -0.05) is 24.4 Å². The van der Waals surface area contributed by atoms with Crippen molar-refractivity contribution < 1.29 is 14.7 Å². The predicted octanol–water partition coefficient (Wildman–Crippen LogP) is 4.12. The van der Waals surface area contributed by atoms with Crippen LogP contribution in [0.5, 0.6) is 0 Å². The van der Waals surface area contributed by atoms with Gasteiger partial charge < -0.3 is 5.11 Å². The average molecular weight is 295 g/mol. The molecule has 0 spiro atoms. The van der Waals surface area contributed by atoms with Crippen LogP contribution in [-0.4, -0.2) is 16.9 Å². The van der Waals surface area contributed by atoms with Gasteiger partial charge in [0.2, 0.25) is 0 Å². The van der Waals surface area contributed by atoms with Crippen molar-refractivity contribution in [2.24, 2.45) is 5.92 Å². The van der Waals surface area contributed by atoms with Gasteiger partial charge in [0.15, 0.2) is 5.78 Å². The highest BCUT2D eigenvalue weighted by Gasteiger charge is 2.26. The zero-order chi connectivity index (χ0) is 14.5. The van der Waals surface area contributed by atoms with Crippen molar-refractivity contribution in [2.45, 2.75) is 44.9 Å². The molecule has 20 heavy (non-hydrogen) atoms. The summed E-state index contributed by atoms with van der Waals surface area (Å²) in [6.45, 7) is 0. The fraction of sp³-hybridized carbons (Fsp3) is 0.500. The lowest BCUT2D eigenvalue weighted by molar-refractivity contribution is -0.137. The molecule has 1 N–H and O–H groups in total. The number of fused-ring (bicyclic) bond motifs is 1. The topological polar surface area (TPSA) is 54.4 Å². The molecule has 1 atom stereocenters. The molecular formula is C16H19ClO3. The van der Waals surface area contributed by atoms with E-state index in [1.54, 1.807) is 6.07 Å². The third-order valence-electron chi connectivity index (χ3n) is 3.91. The largest absolute Gasteiger partial charge is 0.481 e. The normalized spacial score (nSPS) is 17.9. The maximum Gasteiger partial charge on any atom is 0.303 e. The standard InChI is InChI=1S/C16H19ClO3/c17-13-8-9-14-12(10-13)7-6-11(16(14)20)4-2-1-3-5-15(18)19/h8-11H,1-7H2,(H,18,19). The number of aliphatic carboxylic acids is 1. The van der Waals surface area contributed by atoms with Crippen molar-refractivity contribution >= 4 is 23.4 Å². The Kier molecular flexibility index (Phi) is 5.18. The average Bonchev–Trinajstić information content (AvgIpc) is 2.40. The fourth-order valence-electron chi connectivity index (χ4n) is 2.81. The number of unbranched alkanes of at least 4 members (excludes halogenated alkanes) is 2. The molecular weight excluding hydrogens is 276 g/mol. The Morgan fingerprint density at radius 1 is 1.30 bits per heavy atom. The second kappa shape index (κ2) is 6.89. The summed E-state index contributed by atoms with van der Waals surface area (Å²) >= 11 is 5.95. The maximum absolute atomic E-state index is 12.4. The van der Waals surface area contributed by atoms with E-state index in [2.05, 4.69) is 0 Å². The first-order chi connectivity index (χ1) is 9.58. The summed E-state index contributed by atoms with van der Waals surface area (Å²) in [6, 6.07) is 5.49. The van der Waals surface area contributed by atoms with E-state index in [0.717, 1.165) is 43.2 Å². The lowest BCUT2D eigenvalue weighted by Crippen LogP contribution is -2.22. The molecule has 4 heteroatoms. The summed E-state index contributed by atoms with van der Waals surface area (Å²) in [7, 11) is 0. The first-order valence-corrected chi connectivity index (χ1v) is 7.50. The number of Topliss-reactive ketones (excluding diaryl/α,β-unsaturated/α-hetero) is 1. The minimum Gasteiger partial charge on any atom is -0.481 e. The Balaban J connectivity index is 1.85. The molecule has 0 radical (unpaired) electrons. The highest BCUT2D eigenvalue weighted by Crippen LogP contribution is 2.30. The zero-order valence-corrected chi connectivity index (χ0v) is 12.2. The number of halogens is 1. The predicted molar refractivity (Wildman–Crippen MR) is 78.3 cm³/mol. The smallest absolute Gasteiger partial charge is 0.303 e. The number of carbonyl (C=O) groups excluding carboxylic acids is 1. The highest BCUT2D eigenvalue weighted by molar-refractivity contribution is 6.30. The number of hydrogen-bond acceptors (Lipinski definition) is 2. The van der Waals surface area contributed by atoms with Crippen molar-refractivity contribution in [3.63, 3.8) is 0 Å². The van der Waals surface area contributed by atoms with Crippen molar-refractivity contribution in [3.05, 3.63) is 34.3 Å². The molecule has 1 aromatic rings. The van der Waals surface area contributed by atoms with Crippen LogP contribution in [0.2, 0.25) is 5.02 Å². The molecule has 1 aliphatic carbocycles. The number of carboxylic acid groups (broad SMARTS) is 1. The summed E-state index contributed by atoms with van der Waals surface area (Å²) < 4.78 is 0. The van der Waals surface area contributed by atoms with Crippen LogP contribution in [0.4, 0.5) is 0 Å². The summed E-state index contributed by atoms with van der Waals surface area (Å²) in [5.74, 6) is -0.431. The van der Waals surface area contributed by atoms with Crippen molar-refractivity contribution in [1.29, 1.82) is 0 Å².